The molecule has 3 aromatic heterocycles. The quantitative estimate of drug-likeness (QED) is 0.296. The molecule has 0 radical (unpaired) electrons. The van der Waals surface area contributed by atoms with E-state index in [-0.39, 0.29) is 35.3 Å². The number of carbonyl (C=O) groups is 1. The molecule has 0 spiro atoms. The minimum atomic E-state index is -0.419. The number of nitrogens with zero attached hydrogens (tertiary/aromatic N) is 4. The van der Waals surface area contributed by atoms with Crippen LogP contribution in [0.5, 0.6) is 5.88 Å². The van der Waals surface area contributed by atoms with E-state index >= 15 is 0 Å². The number of aromatic nitrogens is 6. The molecule has 1 amide bonds. The fourth-order valence-electron chi connectivity index (χ4n) is 3.97. The Hall–Kier alpha value is -4.22. The number of fused-ring (bicyclic) bond motifs is 1. The summed E-state index contributed by atoms with van der Waals surface area (Å²) in [4.78, 5) is 46.2. The Bertz CT molecular complexity index is 1540. The van der Waals surface area contributed by atoms with Crippen LogP contribution in [0.2, 0.25) is 0 Å². The van der Waals surface area contributed by atoms with Crippen molar-refractivity contribution in [3.8, 4) is 17.4 Å². The molecule has 1 aromatic carbocycles. The number of rotatable bonds is 9. The van der Waals surface area contributed by atoms with Crippen LogP contribution in [0.25, 0.3) is 22.7 Å². The smallest absolute Gasteiger partial charge is 0.394 e. The lowest BCUT2D eigenvalue weighted by molar-refractivity contribution is -0.730. The third kappa shape index (κ3) is 5.63. The van der Waals surface area contributed by atoms with Gasteiger partial charge >= 0.3 is 11.6 Å². The average Bonchev–Trinajstić information content (AvgIpc) is 3.43. The van der Waals surface area contributed by atoms with Gasteiger partial charge in [0.05, 0.1) is 6.07 Å². The van der Waals surface area contributed by atoms with Crippen molar-refractivity contribution in [2.45, 2.75) is 40.8 Å². The number of imidazole rings is 1. The molecule has 12 heteroatoms. The molecule has 0 saturated carbocycles. The van der Waals surface area contributed by atoms with Crippen molar-refractivity contribution in [2.75, 3.05) is 11.9 Å². The van der Waals surface area contributed by atoms with E-state index in [0.29, 0.717) is 36.2 Å². The number of benzene rings is 1. The van der Waals surface area contributed by atoms with Crippen molar-refractivity contribution in [3.05, 3.63) is 57.0 Å². The van der Waals surface area contributed by atoms with Crippen LogP contribution < -0.4 is 26.0 Å². The summed E-state index contributed by atoms with van der Waals surface area (Å²) in [7, 11) is 1.70. The van der Waals surface area contributed by atoms with Gasteiger partial charge in [0, 0.05) is 18.8 Å². The van der Waals surface area contributed by atoms with Gasteiger partial charge in [0.25, 0.3) is 11.5 Å². The lowest BCUT2D eigenvalue weighted by Gasteiger charge is -2.14. The molecule has 3 heterocycles. The zero-order valence-electron chi connectivity index (χ0n) is 21.5. The number of H-pyrrole nitrogens is 2. The van der Waals surface area contributed by atoms with Gasteiger partial charge in [0.2, 0.25) is 0 Å². The average molecular weight is 513 g/mol. The molecule has 0 bridgehead atoms. The van der Waals surface area contributed by atoms with E-state index in [1.54, 1.807) is 17.8 Å². The molecular weight excluding hydrogens is 481 g/mol. The summed E-state index contributed by atoms with van der Waals surface area (Å²) in [5.74, 6) is 0.165. The van der Waals surface area contributed by atoms with E-state index < -0.39 is 17.3 Å². The third-order valence-corrected chi connectivity index (χ3v) is 5.58. The number of aryl methyl sites for hydroxylation is 1. The Morgan fingerprint density at radius 1 is 1.11 bits per heavy atom. The zero-order chi connectivity index (χ0) is 26.9. The van der Waals surface area contributed by atoms with Crippen LogP contribution in [0.15, 0.2) is 39.9 Å². The zero-order valence-corrected chi connectivity index (χ0v) is 21.5. The van der Waals surface area contributed by atoms with Gasteiger partial charge in [-0.05, 0) is 36.1 Å². The number of hydrogen-bond acceptors (Lipinski definition) is 5. The van der Waals surface area contributed by atoms with E-state index in [9.17, 15) is 18.8 Å². The van der Waals surface area contributed by atoms with Crippen molar-refractivity contribution in [1.29, 1.82) is 0 Å². The topological polar surface area (TPSA) is 131 Å². The first kappa shape index (κ1) is 25.9. The Morgan fingerprint density at radius 3 is 2.41 bits per heavy atom. The van der Waals surface area contributed by atoms with Crippen LogP contribution in [0, 0.1) is 17.7 Å². The lowest BCUT2D eigenvalue weighted by Crippen LogP contribution is -2.41. The lowest BCUT2D eigenvalue weighted by atomic mass is 10.2. The van der Waals surface area contributed by atoms with Crippen molar-refractivity contribution >= 4 is 22.8 Å². The predicted molar refractivity (Wildman–Crippen MR) is 136 cm³/mol. The molecule has 0 atom stereocenters. The summed E-state index contributed by atoms with van der Waals surface area (Å²) in [6, 6.07) is 7.05. The molecule has 0 aliphatic heterocycles. The highest BCUT2D eigenvalue weighted by Gasteiger charge is 2.23. The van der Waals surface area contributed by atoms with Gasteiger partial charge in [-0.15, -0.1) is 0 Å². The Balaban J connectivity index is 1.62. The predicted octanol–water partition coefficient (Wildman–Crippen LogP) is 2.17. The van der Waals surface area contributed by atoms with Gasteiger partial charge in [-0.25, -0.2) is 14.2 Å². The molecule has 11 nitrogen and oxygen atoms in total. The molecule has 0 aliphatic carbocycles. The molecule has 4 rings (SSSR count). The number of nitrogens with one attached hydrogen (secondary N) is 3. The number of ether oxygens (including phenoxy) is 1. The second kappa shape index (κ2) is 10.4. The number of carbonyl (C=O) groups excluding carboxylic acids is 1. The highest BCUT2D eigenvalue weighted by molar-refractivity contribution is 5.91. The number of anilines is 1. The fourth-order valence-corrected chi connectivity index (χ4v) is 3.97. The van der Waals surface area contributed by atoms with Crippen LogP contribution in [-0.2, 0) is 24.9 Å². The highest BCUT2D eigenvalue weighted by Crippen LogP contribution is 2.20. The molecule has 3 N–H and O–H groups in total. The summed E-state index contributed by atoms with van der Waals surface area (Å²) in [5.41, 5.74) is 0.688. The van der Waals surface area contributed by atoms with E-state index in [0.717, 1.165) is 0 Å². The monoisotopic (exact) mass is 512 g/mol. The van der Waals surface area contributed by atoms with Gasteiger partial charge < -0.3 is 15.0 Å². The Kier molecular flexibility index (Phi) is 7.28. The summed E-state index contributed by atoms with van der Waals surface area (Å²) >= 11 is 0. The van der Waals surface area contributed by atoms with E-state index in [4.69, 9.17) is 4.74 Å². The molecule has 0 aliphatic rings. The molecule has 0 saturated heterocycles. The van der Waals surface area contributed by atoms with Gasteiger partial charge in [-0.3, -0.25) is 18.7 Å². The highest BCUT2D eigenvalue weighted by atomic mass is 19.1. The standard InChI is InChI=1S/C25H30FN7O4/c1-14(2)11-32-23-21(24(35)33(25(32)36)12-15(3)4)28-22(29-23)18-10-20(31(5)30-18)37-13-19(34)27-17-8-6-16(26)7-9-17/h6-10,14-15H,11-13H2,1-5H3,(H2,27,28,29,30,34,35)/p+1. The molecule has 37 heavy (non-hydrogen) atoms. The minimum absolute atomic E-state index is 0.111. The molecule has 0 fully saturated rings. The normalized spacial score (nSPS) is 11.6. The molecular formula is C25H31FN7O4+. The second-order valence-corrected chi connectivity index (χ2v) is 9.79. The van der Waals surface area contributed by atoms with E-state index in [1.807, 2.05) is 27.7 Å². The van der Waals surface area contributed by atoms with Crippen LogP contribution in [0.1, 0.15) is 27.7 Å². The molecule has 4 aromatic rings. The Labute approximate surface area is 211 Å². The number of amides is 1. The fraction of sp³-hybridized carbons (Fsp3) is 0.400. The van der Waals surface area contributed by atoms with Gasteiger partial charge in [0.1, 0.15) is 17.0 Å². The maximum absolute atomic E-state index is 13.2. The number of halogens is 1. The summed E-state index contributed by atoms with van der Waals surface area (Å²) < 4.78 is 23.0. The van der Waals surface area contributed by atoms with Crippen molar-refractivity contribution in [2.24, 2.45) is 18.9 Å². The van der Waals surface area contributed by atoms with Gasteiger partial charge in [-0.1, -0.05) is 32.4 Å². The van der Waals surface area contributed by atoms with E-state index in [2.05, 4.69) is 20.4 Å². The van der Waals surface area contributed by atoms with Crippen molar-refractivity contribution in [3.63, 3.8) is 0 Å². The van der Waals surface area contributed by atoms with Crippen LogP contribution in [-0.4, -0.2) is 36.7 Å². The minimum Gasteiger partial charge on any atom is -0.433 e. The van der Waals surface area contributed by atoms with E-state index in [1.165, 1.54) is 33.4 Å². The number of hydrogen-bond donors (Lipinski definition) is 3. The Morgan fingerprint density at radius 2 is 1.76 bits per heavy atom. The number of aromatic amines is 2. The van der Waals surface area contributed by atoms with Crippen molar-refractivity contribution < 1.29 is 18.6 Å². The maximum Gasteiger partial charge on any atom is 0.394 e. The summed E-state index contributed by atoms with van der Waals surface area (Å²) in [5, 5.41) is 5.70. The largest absolute Gasteiger partial charge is 0.433 e. The van der Waals surface area contributed by atoms with Gasteiger partial charge in [0.15, 0.2) is 25.1 Å². The first-order valence-corrected chi connectivity index (χ1v) is 12.0. The SMILES string of the molecule is CC(C)Cn1c(=O)c2[nH]c(-c3cc(OCC(=O)Nc4ccc(F)cc4)[n+](C)[nH]3)nc2n(CC(C)C)c1=O. The first-order valence-electron chi connectivity index (χ1n) is 12.0. The van der Waals surface area contributed by atoms with Crippen LogP contribution in [0.3, 0.4) is 0 Å². The van der Waals surface area contributed by atoms with Gasteiger partial charge in [-0.2, -0.15) is 5.10 Å². The van der Waals surface area contributed by atoms with Crippen LogP contribution in [0.4, 0.5) is 10.1 Å². The molecule has 196 valence electrons. The summed E-state index contributed by atoms with van der Waals surface area (Å²) in [6.45, 7) is 8.30. The molecule has 0 unspecified atom stereocenters. The van der Waals surface area contributed by atoms with Crippen LogP contribution >= 0.6 is 0 Å². The second-order valence-electron chi connectivity index (χ2n) is 9.79. The third-order valence-electron chi connectivity index (χ3n) is 5.58. The maximum atomic E-state index is 13.2. The summed E-state index contributed by atoms with van der Waals surface area (Å²) in [6.07, 6.45) is 0. The van der Waals surface area contributed by atoms with Crippen molar-refractivity contribution in [1.82, 2.24) is 24.2 Å². The first-order chi connectivity index (χ1) is 17.5.